The van der Waals surface area contributed by atoms with Crippen molar-refractivity contribution >= 4 is 23.7 Å². The molecular formula is C40H51N3O7. The van der Waals surface area contributed by atoms with Gasteiger partial charge in [0.25, 0.3) is 0 Å². The number of rotatable bonds is 18. The number of nitrogens with zero attached hydrogens (tertiary/aromatic N) is 3. The smallest absolute Gasteiger partial charge is 0.313 e. The molecule has 10 nitrogen and oxygen atoms in total. The van der Waals surface area contributed by atoms with E-state index < -0.39 is 47.7 Å². The summed E-state index contributed by atoms with van der Waals surface area (Å²) in [6, 6.07) is 17.5. The minimum Gasteiger partial charge on any atom is -0.455 e. The van der Waals surface area contributed by atoms with E-state index in [4.69, 9.17) is 9.47 Å². The molecule has 1 N–H and O–H groups in total. The molecule has 0 aromatic heterocycles. The third-order valence-electron chi connectivity index (χ3n) is 10.6. The Bertz CT molecular complexity index is 1520. The first-order valence-electron chi connectivity index (χ1n) is 17.8. The molecule has 1 spiro atoms. The van der Waals surface area contributed by atoms with Crippen molar-refractivity contribution < 1.29 is 33.8 Å². The van der Waals surface area contributed by atoms with Crippen LogP contribution in [0.15, 0.2) is 86.0 Å². The van der Waals surface area contributed by atoms with E-state index >= 15 is 0 Å². The maximum absolute atomic E-state index is 14.7. The number of fused-ring (bicyclic) bond motifs is 1. The quantitative estimate of drug-likeness (QED) is 0.136. The Balaban J connectivity index is 1.45. The van der Waals surface area contributed by atoms with Gasteiger partial charge in [0.15, 0.2) is 0 Å². The fourth-order valence-electron chi connectivity index (χ4n) is 8.00. The fraction of sp³-hybridized carbons (Fsp3) is 0.500. The SMILES string of the molecule is C=CCCC(=O)N(C)[C@@H](C)[C@@H](OC(=O)[C@@H]1[C@@H]2CC[C@]3(O2)[C@H](C(=O)N(CC=C)Cc2ccccc2)N(CCCCCO)C(=O)[C@@H]13)c1ccccc1. The number of carbonyl (C=O) groups is 4. The van der Waals surface area contributed by atoms with E-state index in [2.05, 4.69) is 13.2 Å². The highest BCUT2D eigenvalue weighted by atomic mass is 16.6. The molecule has 3 aliphatic rings. The fourth-order valence-corrected chi connectivity index (χ4v) is 8.00. The van der Waals surface area contributed by atoms with Crippen LogP contribution in [0.3, 0.4) is 0 Å². The molecule has 10 heteroatoms. The van der Waals surface area contributed by atoms with Gasteiger partial charge in [-0.25, -0.2) is 0 Å². The van der Waals surface area contributed by atoms with Crippen LogP contribution >= 0.6 is 0 Å². The number of likely N-dealkylation sites (N-methyl/N-ethyl adjacent to an activating group) is 1. The number of unbranched alkanes of at least 4 members (excludes halogenated alkanes) is 2. The second kappa shape index (κ2) is 16.6. The van der Waals surface area contributed by atoms with Crippen LogP contribution in [0.1, 0.15) is 69.1 Å². The van der Waals surface area contributed by atoms with E-state index in [0.717, 1.165) is 11.1 Å². The minimum atomic E-state index is -1.18. The first-order chi connectivity index (χ1) is 24.2. The largest absolute Gasteiger partial charge is 0.455 e. The van der Waals surface area contributed by atoms with Crippen LogP contribution in [0.4, 0.5) is 0 Å². The molecule has 0 radical (unpaired) electrons. The topological polar surface area (TPSA) is 117 Å². The van der Waals surface area contributed by atoms with Gasteiger partial charge in [-0.1, -0.05) is 72.8 Å². The van der Waals surface area contributed by atoms with E-state index in [9.17, 15) is 24.3 Å². The third-order valence-corrected chi connectivity index (χ3v) is 10.6. The summed E-state index contributed by atoms with van der Waals surface area (Å²) in [6.07, 6.45) is 5.66. The van der Waals surface area contributed by atoms with Gasteiger partial charge in [-0.15, -0.1) is 13.2 Å². The zero-order chi connectivity index (χ0) is 35.8. The standard InChI is InChI=1S/C40H51N3O7/c1-5-7-21-32(45)41(4)28(3)35(30-19-13-9-14-20-30)49-39(48)33-31-22-23-40(50-31)34(33)37(46)43(25-15-10-16-26-44)36(40)38(47)42(24-6-2)27-29-17-11-8-12-18-29/h5-6,8-9,11-14,17-20,28,31,33-36,44H,1-2,7,10,15-16,21-27H2,3-4H3/t28-,31-,33+,34+,35+,36-,40+/m0/s1. The summed E-state index contributed by atoms with van der Waals surface area (Å²) in [4.78, 5) is 61.5. The number of hydrogen-bond donors (Lipinski definition) is 1. The summed E-state index contributed by atoms with van der Waals surface area (Å²) < 4.78 is 13.0. The number of allylic oxidation sites excluding steroid dienone is 1. The molecule has 0 unspecified atom stereocenters. The summed E-state index contributed by atoms with van der Waals surface area (Å²) in [5.41, 5.74) is 0.497. The van der Waals surface area contributed by atoms with E-state index in [1.54, 1.807) is 33.9 Å². The number of ether oxygens (including phenoxy) is 2. The molecule has 3 aliphatic heterocycles. The van der Waals surface area contributed by atoms with Crippen LogP contribution in [0, 0.1) is 11.8 Å². The summed E-state index contributed by atoms with van der Waals surface area (Å²) in [6.45, 7) is 10.4. The second-order valence-electron chi connectivity index (χ2n) is 13.7. The van der Waals surface area contributed by atoms with Crippen molar-refractivity contribution in [1.82, 2.24) is 14.7 Å². The molecule has 3 amide bonds. The van der Waals surface area contributed by atoms with E-state index in [1.807, 2.05) is 67.6 Å². The molecule has 2 bridgehead atoms. The number of esters is 1. The summed E-state index contributed by atoms with van der Waals surface area (Å²) >= 11 is 0. The van der Waals surface area contributed by atoms with Crippen molar-refractivity contribution in [2.45, 2.75) is 88.3 Å². The maximum atomic E-state index is 14.7. The Labute approximate surface area is 295 Å². The molecule has 2 aromatic rings. The number of aliphatic hydroxyl groups is 1. The first kappa shape index (κ1) is 37.0. The highest BCUT2D eigenvalue weighted by Crippen LogP contribution is 2.59. The van der Waals surface area contributed by atoms with Crippen molar-refractivity contribution in [3.05, 3.63) is 97.1 Å². The predicted molar refractivity (Wildman–Crippen MR) is 189 cm³/mol. The van der Waals surface area contributed by atoms with Crippen LogP contribution in [0.2, 0.25) is 0 Å². The van der Waals surface area contributed by atoms with Crippen LogP contribution in [-0.2, 0) is 35.2 Å². The second-order valence-corrected chi connectivity index (χ2v) is 13.7. The average molecular weight is 686 g/mol. The van der Waals surface area contributed by atoms with Gasteiger partial charge in [0.05, 0.1) is 24.0 Å². The third kappa shape index (κ3) is 7.42. The number of carbonyl (C=O) groups excluding carboxylic acids is 4. The molecule has 7 atom stereocenters. The molecule has 0 saturated carbocycles. The number of aliphatic hydroxyl groups excluding tert-OH is 1. The van der Waals surface area contributed by atoms with Crippen molar-refractivity contribution in [2.75, 3.05) is 26.7 Å². The minimum absolute atomic E-state index is 0.0435. The molecule has 3 heterocycles. The van der Waals surface area contributed by atoms with Gasteiger partial charge in [0.1, 0.15) is 17.7 Å². The van der Waals surface area contributed by atoms with Gasteiger partial charge in [0, 0.05) is 39.7 Å². The van der Waals surface area contributed by atoms with Crippen LogP contribution in [0.5, 0.6) is 0 Å². The molecule has 2 aromatic carbocycles. The molecular weight excluding hydrogens is 634 g/mol. The van der Waals surface area contributed by atoms with Gasteiger partial charge in [0.2, 0.25) is 17.7 Å². The lowest BCUT2D eigenvalue weighted by Crippen LogP contribution is -2.56. The zero-order valence-electron chi connectivity index (χ0n) is 29.3. The predicted octanol–water partition coefficient (Wildman–Crippen LogP) is 4.84. The van der Waals surface area contributed by atoms with Crippen molar-refractivity contribution in [3.8, 4) is 0 Å². The normalized spacial score (nSPS) is 24.7. The van der Waals surface area contributed by atoms with E-state index in [1.165, 1.54) is 0 Å². The number of benzene rings is 2. The lowest BCUT2D eigenvalue weighted by atomic mass is 9.70. The Morgan fingerprint density at radius 2 is 1.76 bits per heavy atom. The maximum Gasteiger partial charge on any atom is 0.313 e. The molecule has 268 valence electrons. The molecule has 0 aliphatic carbocycles. The Hall–Kier alpha value is -4.28. The first-order valence-corrected chi connectivity index (χ1v) is 17.8. The molecule has 3 fully saturated rings. The van der Waals surface area contributed by atoms with Gasteiger partial charge in [-0.3, -0.25) is 19.2 Å². The Kier molecular flexibility index (Phi) is 12.3. The Morgan fingerprint density at radius 3 is 2.42 bits per heavy atom. The van der Waals surface area contributed by atoms with Crippen molar-refractivity contribution in [3.63, 3.8) is 0 Å². The van der Waals surface area contributed by atoms with Crippen LogP contribution in [-0.4, -0.2) is 94.0 Å². The summed E-state index contributed by atoms with van der Waals surface area (Å²) in [5, 5.41) is 9.38. The highest BCUT2D eigenvalue weighted by Gasteiger charge is 2.75. The average Bonchev–Trinajstić information content (AvgIpc) is 3.78. The highest BCUT2D eigenvalue weighted by molar-refractivity contribution is 5.98. The Morgan fingerprint density at radius 1 is 1.06 bits per heavy atom. The number of amides is 3. The van der Waals surface area contributed by atoms with Gasteiger partial charge in [-0.05, 0) is 56.6 Å². The van der Waals surface area contributed by atoms with Gasteiger partial charge >= 0.3 is 5.97 Å². The zero-order valence-corrected chi connectivity index (χ0v) is 29.3. The van der Waals surface area contributed by atoms with Crippen LogP contribution < -0.4 is 0 Å². The van der Waals surface area contributed by atoms with Gasteiger partial charge < -0.3 is 29.3 Å². The summed E-state index contributed by atoms with van der Waals surface area (Å²) in [5.74, 6) is -2.98. The molecule has 3 saturated heterocycles. The monoisotopic (exact) mass is 685 g/mol. The van der Waals surface area contributed by atoms with E-state index in [0.29, 0.717) is 51.6 Å². The van der Waals surface area contributed by atoms with Gasteiger partial charge in [-0.2, -0.15) is 0 Å². The number of hydrogen-bond acceptors (Lipinski definition) is 7. The number of likely N-dealkylation sites (tertiary alicyclic amines) is 1. The summed E-state index contributed by atoms with van der Waals surface area (Å²) in [7, 11) is 1.70. The van der Waals surface area contributed by atoms with E-state index in [-0.39, 0.29) is 37.3 Å². The lowest BCUT2D eigenvalue weighted by molar-refractivity contribution is -0.164. The van der Waals surface area contributed by atoms with Crippen LogP contribution in [0.25, 0.3) is 0 Å². The lowest BCUT2D eigenvalue weighted by Gasteiger charge is -2.37. The van der Waals surface area contributed by atoms with Crippen molar-refractivity contribution in [1.29, 1.82) is 0 Å². The molecule has 5 rings (SSSR count). The van der Waals surface area contributed by atoms with Crippen molar-refractivity contribution in [2.24, 2.45) is 11.8 Å². The molecule has 50 heavy (non-hydrogen) atoms.